The SMILES string of the molecule is CC.CNC1C=C2CC2CC1C.Cc1cc(Cl)c(SNC(C)(C)C=O)c(Cl)c1. The minimum atomic E-state index is -0.609. The lowest BCUT2D eigenvalue weighted by atomic mass is 9.91. The Bertz CT molecular complexity index is 668. The fraction of sp³-hybridized carbons (Fsp3) is 0.591. The number of aldehydes is 1. The Labute approximate surface area is 185 Å². The van der Waals surface area contributed by atoms with Gasteiger partial charge in [-0.2, -0.15) is 0 Å². The third-order valence-electron chi connectivity index (χ3n) is 4.70. The molecule has 28 heavy (non-hydrogen) atoms. The van der Waals surface area contributed by atoms with Crippen LogP contribution < -0.4 is 10.0 Å². The van der Waals surface area contributed by atoms with E-state index in [2.05, 4.69) is 30.1 Å². The molecule has 2 aliphatic rings. The zero-order valence-electron chi connectivity index (χ0n) is 18.0. The molecular weight excluding hydrogens is 411 g/mol. The molecule has 2 aliphatic carbocycles. The van der Waals surface area contributed by atoms with Crippen molar-refractivity contribution in [1.82, 2.24) is 10.0 Å². The summed E-state index contributed by atoms with van der Waals surface area (Å²) in [6.45, 7) is 11.8. The Morgan fingerprint density at radius 2 is 1.79 bits per heavy atom. The van der Waals surface area contributed by atoms with Crippen LogP contribution in [0.25, 0.3) is 0 Å². The molecule has 3 atom stereocenters. The van der Waals surface area contributed by atoms with Crippen LogP contribution in [0.5, 0.6) is 0 Å². The van der Waals surface area contributed by atoms with Crippen LogP contribution in [0.1, 0.15) is 53.0 Å². The van der Waals surface area contributed by atoms with E-state index >= 15 is 0 Å². The van der Waals surface area contributed by atoms with Crippen LogP contribution >= 0.6 is 35.1 Å². The van der Waals surface area contributed by atoms with Gasteiger partial charge >= 0.3 is 0 Å². The van der Waals surface area contributed by atoms with Crippen molar-refractivity contribution in [3.8, 4) is 0 Å². The largest absolute Gasteiger partial charge is 0.313 e. The number of carbonyl (C=O) groups excluding carboxylic acids is 1. The zero-order valence-corrected chi connectivity index (χ0v) is 20.4. The minimum absolute atomic E-state index is 0.587. The third-order valence-corrected chi connectivity index (χ3v) is 6.79. The Morgan fingerprint density at radius 1 is 1.21 bits per heavy atom. The summed E-state index contributed by atoms with van der Waals surface area (Å²) in [6.07, 6.45) is 6.08. The fourth-order valence-corrected chi connectivity index (χ4v) is 4.57. The maximum Gasteiger partial charge on any atom is 0.140 e. The minimum Gasteiger partial charge on any atom is -0.313 e. The topological polar surface area (TPSA) is 41.1 Å². The number of carbonyl (C=O) groups is 1. The predicted octanol–water partition coefficient (Wildman–Crippen LogP) is 6.46. The highest BCUT2D eigenvalue weighted by molar-refractivity contribution is 7.97. The lowest BCUT2D eigenvalue weighted by molar-refractivity contribution is -0.111. The Balaban J connectivity index is 0.000000278. The quantitative estimate of drug-likeness (QED) is 0.310. The van der Waals surface area contributed by atoms with Crippen molar-refractivity contribution in [2.45, 2.75) is 70.9 Å². The van der Waals surface area contributed by atoms with Crippen molar-refractivity contribution in [3.05, 3.63) is 39.4 Å². The molecule has 0 heterocycles. The number of hydrogen-bond donors (Lipinski definition) is 2. The van der Waals surface area contributed by atoms with Gasteiger partial charge in [-0.1, -0.05) is 55.6 Å². The molecule has 0 aliphatic heterocycles. The van der Waals surface area contributed by atoms with Crippen molar-refractivity contribution < 1.29 is 4.79 Å². The van der Waals surface area contributed by atoms with E-state index in [-0.39, 0.29) is 0 Å². The maximum absolute atomic E-state index is 10.7. The zero-order chi connectivity index (χ0) is 21.5. The number of likely N-dealkylation sites (N-methyl/N-ethyl adjacent to an activating group) is 1. The van der Waals surface area contributed by atoms with Gasteiger partial charge in [0.15, 0.2) is 0 Å². The van der Waals surface area contributed by atoms with E-state index in [9.17, 15) is 4.79 Å². The molecule has 0 radical (unpaired) electrons. The van der Waals surface area contributed by atoms with Crippen LogP contribution in [0.2, 0.25) is 10.0 Å². The summed E-state index contributed by atoms with van der Waals surface area (Å²) in [7, 11) is 2.06. The number of nitrogens with one attached hydrogen (secondary N) is 2. The van der Waals surface area contributed by atoms with Gasteiger partial charge in [0.2, 0.25) is 0 Å². The van der Waals surface area contributed by atoms with Crippen LogP contribution in [0.3, 0.4) is 0 Å². The summed E-state index contributed by atoms with van der Waals surface area (Å²) in [6, 6.07) is 4.34. The lowest BCUT2D eigenvalue weighted by Gasteiger charge is -2.22. The first-order valence-electron chi connectivity index (χ1n) is 9.90. The second kappa shape index (κ2) is 11.6. The van der Waals surface area contributed by atoms with E-state index < -0.39 is 5.54 Å². The number of benzene rings is 1. The van der Waals surface area contributed by atoms with E-state index in [0.29, 0.717) is 16.1 Å². The third kappa shape index (κ3) is 7.72. The molecule has 0 saturated heterocycles. The van der Waals surface area contributed by atoms with Gasteiger partial charge in [0.25, 0.3) is 0 Å². The van der Waals surface area contributed by atoms with Gasteiger partial charge in [-0.05, 0) is 82.1 Å². The normalized spacial score (nSPS) is 22.6. The second-order valence-corrected chi connectivity index (χ2v) is 9.40. The number of rotatable bonds is 5. The summed E-state index contributed by atoms with van der Waals surface area (Å²) in [5.74, 6) is 1.83. The molecule has 158 valence electrons. The first-order chi connectivity index (χ1) is 13.2. The number of aryl methyl sites for hydroxylation is 1. The second-order valence-electron chi connectivity index (χ2n) is 7.77. The summed E-state index contributed by atoms with van der Waals surface area (Å²) in [5.41, 5.74) is 2.11. The van der Waals surface area contributed by atoms with Crippen molar-refractivity contribution in [3.63, 3.8) is 0 Å². The number of hydrogen-bond acceptors (Lipinski definition) is 4. The molecule has 3 rings (SSSR count). The van der Waals surface area contributed by atoms with Gasteiger partial charge in [-0.15, -0.1) is 0 Å². The average Bonchev–Trinajstić information content (AvgIpc) is 3.40. The first kappa shape index (κ1) is 25.5. The Hall–Kier alpha value is -0.520. The van der Waals surface area contributed by atoms with Crippen LogP contribution in [0.4, 0.5) is 0 Å². The number of fused-ring (bicyclic) bond motifs is 1. The van der Waals surface area contributed by atoms with Gasteiger partial charge in [0.1, 0.15) is 6.29 Å². The van der Waals surface area contributed by atoms with E-state index in [4.69, 9.17) is 23.2 Å². The molecule has 0 bridgehead atoms. The molecule has 2 N–H and O–H groups in total. The predicted molar refractivity (Wildman–Crippen MR) is 125 cm³/mol. The van der Waals surface area contributed by atoms with E-state index in [1.807, 2.05) is 32.9 Å². The first-order valence-corrected chi connectivity index (χ1v) is 11.5. The smallest absolute Gasteiger partial charge is 0.140 e. The highest BCUT2D eigenvalue weighted by Gasteiger charge is 2.37. The van der Waals surface area contributed by atoms with Crippen molar-refractivity contribution >= 4 is 41.4 Å². The molecule has 1 aromatic rings. The van der Waals surface area contributed by atoms with Gasteiger partial charge in [0, 0.05) is 6.04 Å². The van der Waals surface area contributed by atoms with E-state index in [1.165, 1.54) is 24.8 Å². The standard InChI is InChI=1S/C11H13Cl2NOS.C9H15N.C2H6/c1-7-4-8(12)10(9(13)5-7)16-14-11(2,3)6-15;1-6-3-7-4-8(7)5-9(6)10-2;1-2/h4-6,14H,1-3H3;5-7,9-10H,3-4H2,1-2H3;1-2H3. The van der Waals surface area contributed by atoms with Crippen LogP contribution in [-0.4, -0.2) is 24.9 Å². The monoisotopic (exact) mass is 444 g/mol. The van der Waals surface area contributed by atoms with Crippen LogP contribution in [0, 0.1) is 18.8 Å². The summed E-state index contributed by atoms with van der Waals surface area (Å²) in [5, 5.41) is 4.51. The summed E-state index contributed by atoms with van der Waals surface area (Å²) >= 11 is 13.4. The molecule has 0 aromatic heterocycles. The van der Waals surface area contributed by atoms with Gasteiger partial charge < -0.3 is 10.1 Å². The number of halogens is 2. The molecule has 1 saturated carbocycles. The highest BCUT2D eigenvalue weighted by Crippen LogP contribution is 2.46. The molecule has 6 heteroatoms. The highest BCUT2D eigenvalue weighted by atomic mass is 35.5. The molecule has 3 unspecified atom stereocenters. The van der Waals surface area contributed by atoms with Crippen molar-refractivity contribution in [2.75, 3.05) is 7.05 Å². The van der Waals surface area contributed by atoms with Crippen molar-refractivity contribution in [1.29, 1.82) is 0 Å². The average molecular weight is 446 g/mol. The molecule has 0 spiro atoms. The Kier molecular flexibility index (Phi) is 10.6. The molecule has 3 nitrogen and oxygen atoms in total. The lowest BCUT2D eigenvalue weighted by Crippen LogP contribution is -2.35. The van der Waals surface area contributed by atoms with Crippen LogP contribution in [-0.2, 0) is 4.79 Å². The number of allylic oxidation sites excluding steroid dienone is 1. The van der Waals surface area contributed by atoms with Gasteiger partial charge in [0.05, 0.1) is 20.5 Å². The molecular formula is C22H34Cl2N2OS. The van der Waals surface area contributed by atoms with E-state index in [0.717, 1.165) is 28.6 Å². The van der Waals surface area contributed by atoms with Gasteiger partial charge in [-0.25, -0.2) is 4.72 Å². The Morgan fingerprint density at radius 3 is 2.29 bits per heavy atom. The molecule has 1 aromatic carbocycles. The fourth-order valence-electron chi connectivity index (χ4n) is 3.01. The molecule has 1 fully saturated rings. The summed E-state index contributed by atoms with van der Waals surface area (Å²) < 4.78 is 3.01. The summed E-state index contributed by atoms with van der Waals surface area (Å²) in [4.78, 5) is 11.5. The van der Waals surface area contributed by atoms with Gasteiger partial charge in [-0.3, -0.25) is 0 Å². The maximum atomic E-state index is 10.7. The van der Waals surface area contributed by atoms with Crippen LogP contribution in [0.15, 0.2) is 28.7 Å². The van der Waals surface area contributed by atoms with E-state index in [1.54, 1.807) is 19.4 Å². The molecule has 0 amide bonds. The van der Waals surface area contributed by atoms with Crippen molar-refractivity contribution in [2.24, 2.45) is 11.8 Å².